The Morgan fingerprint density at radius 1 is 1.27 bits per heavy atom. The first-order valence-electron chi connectivity index (χ1n) is 6.59. The first-order chi connectivity index (χ1) is 10.6. The third-order valence-corrected chi connectivity index (χ3v) is 3.16. The van der Waals surface area contributed by atoms with Gasteiger partial charge < -0.3 is 10.5 Å². The standard InChI is InChI=1S/C16H16ClN3O2/c1-22-14-8-7-12(17)9-13(14)15(21)20-16(18)19-10-11-5-3-2-4-6-11/h2-9H,10H2,1H3,(H3,18,19,20,21). The Balaban J connectivity index is 2.06. The molecule has 0 fully saturated rings. The molecule has 0 saturated carbocycles. The summed E-state index contributed by atoms with van der Waals surface area (Å²) < 4.78 is 5.13. The van der Waals surface area contributed by atoms with Crippen LogP contribution in [0.2, 0.25) is 5.02 Å². The van der Waals surface area contributed by atoms with Gasteiger partial charge in [0.05, 0.1) is 19.2 Å². The molecule has 2 rings (SSSR count). The molecule has 1 amide bonds. The summed E-state index contributed by atoms with van der Waals surface area (Å²) in [6, 6.07) is 14.4. The number of hydrogen-bond donors (Lipinski definition) is 2. The summed E-state index contributed by atoms with van der Waals surface area (Å²) in [5, 5.41) is 2.95. The van der Waals surface area contributed by atoms with Gasteiger partial charge >= 0.3 is 0 Å². The summed E-state index contributed by atoms with van der Waals surface area (Å²) in [6.07, 6.45) is 0. The van der Waals surface area contributed by atoms with Gasteiger partial charge in [-0.2, -0.15) is 0 Å². The van der Waals surface area contributed by atoms with Crippen LogP contribution in [0.25, 0.3) is 0 Å². The lowest BCUT2D eigenvalue weighted by molar-refractivity contribution is 0.0973. The highest BCUT2D eigenvalue weighted by Gasteiger charge is 2.13. The van der Waals surface area contributed by atoms with E-state index in [1.54, 1.807) is 12.1 Å². The predicted octanol–water partition coefficient (Wildman–Crippen LogP) is 2.59. The van der Waals surface area contributed by atoms with Crippen molar-refractivity contribution in [3.63, 3.8) is 0 Å². The molecule has 0 atom stereocenters. The van der Waals surface area contributed by atoms with E-state index in [1.807, 2.05) is 30.3 Å². The molecule has 0 bridgehead atoms. The van der Waals surface area contributed by atoms with Crippen molar-refractivity contribution < 1.29 is 9.53 Å². The molecule has 22 heavy (non-hydrogen) atoms. The van der Waals surface area contributed by atoms with Crippen molar-refractivity contribution in [1.82, 2.24) is 5.32 Å². The Morgan fingerprint density at radius 2 is 2.00 bits per heavy atom. The second-order valence-electron chi connectivity index (χ2n) is 4.49. The number of methoxy groups -OCH3 is 1. The number of carbonyl (C=O) groups is 1. The Bertz CT molecular complexity index is 687. The topological polar surface area (TPSA) is 76.7 Å². The Morgan fingerprint density at radius 3 is 2.68 bits per heavy atom. The predicted molar refractivity (Wildman–Crippen MR) is 87.2 cm³/mol. The van der Waals surface area contributed by atoms with Crippen LogP contribution in [0, 0.1) is 0 Å². The Kier molecular flexibility index (Phi) is 5.38. The summed E-state index contributed by atoms with van der Waals surface area (Å²) in [4.78, 5) is 16.3. The van der Waals surface area contributed by atoms with Gasteiger partial charge in [0.2, 0.25) is 0 Å². The van der Waals surface area contributed by atoms with Crippen LogP contribution in [0.5, 0.6) is 5.75 Å². The van der Waals surface area contributed by atoms with Crippen molar-refractivity contribution in [1.29, 1.82) is 0 Å². The number of benzene rings is 2. The fourth-order valence-electron chi connectivity index (χ4n) is 1.84. The van der Waals surface area contributed by atoms with Gasteiger partial charge in [-0.1, -0.05) is 41.9 Å². The van der Waals surface area contributed by atoms with E-state index < -0.39 is 5.91 Å². The molecule has 6 heteroatoms. The minimum absolute atomic E-state index is 0.0379. The highest BCUT2D eigenvalue weighted by molar-refractivity contribution is 6.31. The van der Waals surface area contributed by atoms with Crippen LogP contribution in [0.15, 0.2) is 53.5 Å². The van der Waals surface area contributed by atoms with Crippen molar-refractivity contribution in [3.05, 3.63) is 64.7 Å². The molecule has 0 unspecified atom stereocenters. The van der Waals surface area contributed by atoms with Gasteiger partial charge in [0.1, 0.15) is 5.75 Å². The second kappa shape index (κ2) is 7.47. The van der Waals surface area contributed by atoms with Crippen molar-refractivity contribution in [2.24, 2.45) is 10.7 Å². The fraction of sp³-hybridized carbons (Fsp3) is 0.125. The van der Waals surface area contributed by atoms with E-state index in [0.29, 0.717) is 22.9 Å². The van der Waals surface area contributed by atoms with E-state index in [0.717, 1.165) is 5.56 Å². The number of hydrogen-bond acceptors (Lipinski definition) is 3. The van der Waals surface area contributed by atoms with Gasteiger partial charge in [0, 0.05) is 5.02 Å². The van der Waals surface area contributed by atoms with Crippen LogP contribution >= 0.6 is 11.6 Å². The minimum atomic E-state index is -0.423. The number of halogens is 1. The number of aliphatic imine (C=N–C) groups is 1. The molecule has 0 aliphatic heterocycles. The molecule has 5 nitrogen and oxygen atoms in total. The van der Waals surface area contributed by atoms with E-state index >= 15 is 0 Å². The maximum absolute atomic E-state index is 12.2. The van der Waals surface area contributed by atoms with Crippen LogP contribution < -0.4 is 15.8 Å². The van der Waals surface area contributed by atoms with Gasteiger partial charge in [0.15, 0.2) is 5.96 Å². The molecule has 0 spiro atoms. The number of nitrogens with one attached hydrogen (secondary N) is 1. The van der Waals surface area contributed by atoms with Crippen molar-refractivity contribution >= 4 is 23.5 Å². The monoisotopic (exact) mass is 317 g/mol. The Hall–Kier alpha value is -2.53. The molecule has 2 aromatic carbocycles. The van der Waals surface area contributed by atoms with Gasteiger partial charge in [-0.3, -0.25) is 10.1 Å². The molecular formula is C16H16ClN3O2. The molecule has 3 N–H and O–H groups in total. The third-order valence-electron chi connectivity index (χ3n) is 2.92. The molecule has 0 heterocycles. The molecular weight excluding hydrogens is 302 g/mol. The molecule has 0 aliphatic rings. The van der Waals surface area contributed by atoms with Crippen LogP contribution in [0.1, 0.15) is 15.9 Å². The molecule has 0 radical (unpaired) electrons. The highest BCUT2D eigenvalue weighted by atomic mass is 35.5. The normalized spacial score (nSPS) is 11.1. The molecule has 0 saturated heterocycles. The van der Waals surface area contributed by atoms with Crippen LogP contribution in [0.4, 0.5) is 0 Å². The number of nitrogens with two attached hydrogens (primary N) is 1. The SMILES string of the molecule is COc1ccc(Cl)cc1C(=O)NC(N)=NCc1ccccc1. The number of rotatable bonds is 4. The number of guanidine groups is 1. The van der Waals surface area contributed by atoms with Crippen LogP contribution in [0.3, 0.4) is 0 Å². The number of amides is 1. The van der Waals surface area contributed by atoms with Gasteiger partial charge in [0.25, 0.3) is 5.91 Å². The first kappa shape index (κ1) is 15.9. The summed E-state index contributed by atoms with van der Waals surface area (Å²) in [5.74, 6) is 0.0299. The van der Waals surface area contributed by atoms with Crippen molar-refractivity contribution in [2.75, 3.05) is 7.11 Å². The largest absolute Gasteiger partial charge is 0.496 e. The zero-order valence-electron chi connectivity index (χ0n) is 12.0. The van der Waals surface area contributed by atoms with Crippen molar-refractivity contribution in [3.8, 4) is 5.75 Å². The van der Waals surface area contributed by atoms with E-state index in [2.05, 4.69) is 10.3 Å². The van der Waals surface area contributed by atoms with E-state index in [1.165, 1.54) is 13.2 Å². The average Bonchev–Trinajstić information content (AvgIpc) is 2.54. The first-order valence-corrected chi connectivity index (χ1v) is 6.96. The molecule has 2 aromatic rings. The lowest BCUT2D eigenvalue weighted by atomic mass is 10.2. The lowest BCUT2D eigenvalue weighted by Gasteiger charge is -2.09. The van der Waals surface area contributed by atoms with Crippen LogP contribution in [-0.2, 0) is 6.54 Å². The van der Waals surface area contributed by atoms with E-state index in [4.69, 9.17) is 22.1 Å². The zero-order valence-corrected chi connectivity index (χ0v) is 12.8. The second-order valence-corrected chi connectivity index (χ2v) is 4.92. The highest BCUT2D eigenvalue weighted by Crippen LogP contribution is 2.22. The van der Waals surface area contributed by atoms with Gasteiger partial charge in [-0.15, -0.1) is 0 Å². The number of ether oxygens (including phenoxy) is 1. The van der Waals surface area contributed by atoms with E-state index in [-0.39, 0.29) is 5.96 Å². The zero-order chi connectivity index (χ0) is 15.9. The van der Waals surface area contributed by atoms with Gasteiger partial charge in [-0.05, 0) is 23.8 Å². The quantitative estimate of drug-likeness (QED) is 0.672. The summed E-state index contributed by atoms with van der Waals surface area (Å²) in [7, 11) is 1.48. The number of carbonyl (C=O) groups excluding carboxylic acids is 1. The lowest BCUT2D eigenvalue weighted by Crippen LogP contribution is -2.37. The van der Waals surface area contributed by atoms with Gasteiger partial charge in [-0.25, -0.2) is 4.99 Å². The smallest absolute Gasteiger partial charge is 0.261 e. The maximum Gasteiger partial charge on any atom is 0.261 e. The Labute approximate surface area is 133 Å². The summed E-state index contributed by atoms with van der Waals surface area (Å²) >= 11 is 5.90. The minimum Gasteiger partial charge on any atom is -0.496 e. The molecule has 0 aromatic heterocycles. The summed E-state index contributed by atoms with van der Waals surface area (Å²) in [5.41, 5.74) is 7.03. The number of nitrogens with zero attached hydrogens (tertiary/aromatic N) is 1. The molecule has 0 aliphatic carbocycles. The van der Waals surface area contributed by atoms with Crippen molar-refractivity contribution in [2.45, 2.75) is 6.54 Å². The van der Waals surface area contributed by atoms with E-state index in [9.17, 15) is 4.79 Å². The maximum atomic E-state index is 12.2. The fourth-order valence-corrected chi connectivity index (χ4v) is 2.01. The summed E-state index contributed by atoms with van der Waals surface area (Å²) in [6.45, 7) is 0.389. The van der Waals surface area contributed by atoms with Crippen LogP contribution in [-0.4, -0.2) is 19.0 Å². The third kappa shape index (κ3) is 4.23. The molecule has 114 valence electrons. The average molecular weight is 318 g/mol.